The molecule has 3 amide bonds. The maximum absolute atomic E-state index is 12.8. The molecule has 0 unspecified atom stereocenters. The highest BCUT2D eigenvalue weighted by molar-refractivity contribution is 6.34. The number of halogens is 1. The number of anilines is 1. The Morgan fingerprint density at radius 1 is 1.32 bits per heavy atom. The molecular formula is C16H14ClN3O5. The van der Waals surface area contributed by atoms with Gasteiger partial charge in [-0.1, -0.05) is 17.7 Å². The third kappa shape index (κ3) is 2.64. The fourth-order valence-corrected chi connectivity index (χ4v) is 2.98. The molecule has 1 aromatic rings. The summed E-state index contributed by atoms with van der Waals surface area (Å²) in [5, 5.41) is 1.29. The molecule has 130 valence electrons. The van der Waals surface area contributed by atoms with Crippen molar-refractivity contribution < 1.29 is 23.9 Å². The molecule has 2 aliphatic heterocycles. The standard InChI is InChI=1S/C16H14ClN3O5/c1-3-25-16(24)12-11-13(20(18-12)8(2)21)15(23)19(14(11)22)10-6-4-5-9(17)7-10/h4-7,13,18H,3H2,1-2H3/t13-/m0/s1. The fraction of sp³-hybridized carbons (Fsp3) is 0.250. The van der Waals surface area contributed by atoms with Gasteiger partial charge in [0.1, 0.15) is 0 Å². The minimum atomic E-state index is -1.22. The number of benzene rings is 1. The van der Waals surface area contributed by atoms with Gasteiger partial charge in [-0.25, -0.2) is 14.7 Å². The van der Waals surface area contributed by atoms with Gasteiger partial charge in [-0.2, -0.15) is 0 Å². The first-order valence-electron chi connectivity index (χ1n) is 7.48. The van der Waals surface area contributed by atoms with E-state index in [9.17, 15) is 19.2 Å². The first kappa shape index (κ1) is 17.0. The van der Waals surface area contributed by atoms with Crippen molar-refractivity contribution >= 4 is 41.0 Å². The summed E-state index contributed by atoms with van der Waals surface area (Å²) < 4.78 is 4.91. The zero-order valence-corrected chi connectivity index (χ0v) is 14.2. The summed E-state index contributed by atoms with van der Waals surface area (Å²) >= 11 is 5.93. The molecule has 3 rings (SSSR count). The van der Waals surface area contributed by atoms with E-state index >= 15 is 0 Å². The molecule has 25 heavy (non-hydrogen) atoms. The van der Waals surface area contributed by atoms with Crippen molar-refractivity contribution in [1.29, 1.82) is 0 Å². The fourth-order valence-electron chi connectivity index (χ4n) is 2.79. The number of hydrogen-bond donors (Lipinski definition) is 1. The number of rotatable bonds is 3. The van der Waals surface area contributed by atoms with Gasteiger partial charge >= 0.3 is 5.97 Å². The Bertz CT molecular complexity index is 835. The Morgan fingerprint density at radius 2 is 2.04 bits per heavy atom. The molecule has 1 atom stereocenters. The van der Waals surface area contributed by atoms with Crippen molar-refractivity contribution in [1.82, 2.24) is 10.4 Å². The average molecular weight is 364 g/mol. The number of fused-ring (bicyclic) bond motifs is 1. The Kier molecular flexibility index (Phi) is 4.22. The summed E-state index contributed by atoms with van der Waals surface area (Å²) in [6.07, 6.45) is 0. The van der Waals surface area contributed by atoms with Crippen LogP contribution in [0, 0.1) is 0 Å². The topological polar surface area (TPSA) is 96.0 Å². The van der Waals surface area contributed by atoms with Gasteiger partial charge in [-0.3, -0.25) is 19.8 Å². The number of carbonyl (C=O) groups is 4. The van der Waals surface area contributed by atoms with Crippen molar-refractivity contribution in [3.05, 3.63) is 40.6 Å². The van der Waals surface area contributed by atoms with Gasteiger partial charge in [0.05, 0.1) is 17.9 Å². The van der Waals surface area contributed by atoms with Crippen molar-refractivity contribution in [3.63, 3.8) is 0 Å². The molecule has 0 radical (unpaired) electrons. The first-order valence-corrected chi connectivity index (χ1v) is 7.86. The molecular weight excluding hydrogens is 350 g/mol. The van der Waals surface area contributed by atoms with E-state index in [-0.39, 0.29) is 23.6 Å². The molecule has 0 aromatic heterocycles. The lowest BCUT2D eigenvalue weighted by atomic mass is 10.1. The lowest BCUT2D eigenvalue weighted by Gasteiger charge is -2.23. The molecule has 0 saturated carbocycles. The van der Waals surface area contributed by atoms with E-state index in [4.69, 9.17) is 16.3 Å². The molecule has 1 fully saturated rings. The average Bonchev–Trinajstić information content (AvgIpc) is 3.06. The van der Waals surface area contributed by atoms with Crippen LogP contribution in [0.4, 0.5) is 5.69 Å². The van der Waals surface area contributed by atoms with Crippen LogP contribution in [0.1, 0.15) is 13.8 Å². The Labute approximate surface area is 147 Å². The number of carbonyl (C=O) groups excluding carboxylic acids is 4. The molecule has 1 N–H and O–H groups in total. The third-order valence-electron chi connectivity index (χ3n) is 3.81. The summed E-state index contributed by atoms with van der Waals surface area (Å²) in [6.45, 7) is 2.92. The zero-order chi connectivity index (χ0) is 18.3. The zero-order valence-electron chi connectivity index (χ0n) is 13.4. The van der Waals surface area contributed by atoms with Crippen LogP contribution in [0.2, 0.25) is 5.02 Å². The highest BCUT2D eigenvalue weighted by Crippen LogP contribution is 2.35. The van der Waals surface area contributed by atoms with Crippen LogP contribution in [0.5, 0.6) is 0 Å². The van der Waals surface area contributed by atoms with Crippen molar-refractivity contribution in [2.45, 2.75) is 19.9 Å². The van der Waals surface area contributed by atoms with Crippen molar-refractivity contribution in [2.24, 2.45) is 0 Å². The first-order chi connectivity index (χ1) is 11.9. The smallest absolute Gasteiger partial charge is 0.356 e. The van der Waals surface area contributed by atoms with E-state index in [0.717, 1.165) is 9.91 Å². The number of imide groups is 1. The summed E-state index contributed by atoms with van der Waals surface area (Å²) in [5.74, 6) is -2.67. The van der Waals surface area contributed by atoms with E-state index in [0.29, 0.717) is 5.02 Å². The van der Waals surface area contributed by atoms with Gasteiger partial charge in [-0.05, 0) is 25.1 Å². The number of esters is 1. The number of nitrogens with zero attached hydrogens (tertiary/aromatic N) is 2. The SMILES string of the molecule is CCOC(=O)C1=C2C(=O)N(c3cccc(Cl)c3)C(=O)[C@H]2N(C(C)=O)N1. The summed E-state index contributed by atoms with van der Waals surface area (Å²) in [4.78, 5) is 50.5. The van der Waals surface area contributed by atoms with Gasteiger partial charge in [0, 0.05) is 11.9 Å². The van der Waals surface area contributed by atoms with E-state index < -0.39 is 29.7 Å². The van der Waals surface area contributed by atoms with E-state index in [1.165, 1.54) is 13.0 Å². The molecule has 9 heteroatoms. The molecule has 2 heterocycles. The number of hydrogen-bond acceptors (Lipinski definition) is 6. The highest BCUT2D eigenvalue weighted by Gasteiger charge is 2.55. The molecule has 0 aliphatic carbocycles. The van der Waals surface area contributed by atoms with Crippen LogP contribution in [0.15, 0.2) is 35.5 Å². The lowest BCUT2D eigenvalue weighted by molar-refractivity contribution is -0.141. The van der Waals surface area contributed by atoms with Gasteiger partial charge < -0.3 is 4.74 Å². The maximum Gasteiger partial charge on any atom is 0.356 e. The van der Waals surface area contributed by atoms with Crippen LogP contribution >= 0.6 is 11.6 Å². The lowest BCUT2D eigenvalue weighted by Crippen LogP contribution is -2.48. The van der Waals surface area contributed by atoms with Gasteiger partial charge in [0.25, 0.3) is 11.8 Å². The largest absolute Gasteiger partial charge is 0.461 e. The Morgan fingerprint density at radius 3 is 2.64 bits per heavy atom. The Hall–Kier alpha value is -2.87. The monoisotopic (exact) mass is 363 g/mol. The summed E-state index contributed by atoms with van der Waals surface area (Å²) in [7, 11) is 0. The summed E-state index contributed by atoms with van der Waals surface area (Å²) in [5.41, 5.74) is 2.46. The quantitative estimate of drug-likeness (QED) is 0.629. The van der Waals surface area contributed by atoms with E-state index in [1.54, 1.807) is 25.1 Å². The molecule has 0 bridgehead atoms. The van der Waals surface area contributed by atoms with Crippen LogP contribution in [-0.2, 0) is 23.9 Å². The van der Waals surface area contributed by atoms with E-state index in [1.807, 2.05) is 0 Å². The minimum Gasteiger partial charge on any atom is -0.461 e. The molecule has 1 aromatic carbocycles. The maximum atomic E-state index is 12.8. The van der Waals surface area contributed by atoms with Crippen LogP contribution in [0.25, 0.3) is 0 Å². The van der Waals surface area contributed by atoms with Gasteiger partial charge in [0.15, 0.2) is 11.7 Å². The van der Waals surface area contributed by atoms with Crippen molar-refractivity contribution in [2.75, 3.05) is 11.5 Å². The normalized spacial score (nSPS) is 19.2. The predicted molar refractivity (Wildman–Crippen MR) is 87.0 cm³/mol. The van der Waals surface area contributed by atoms with Crippen molar-refractivity contribution in [3.8, 4) is 0 Å². The Balaban J connectivity index is 2.10. The van der Waals surface area contributed by atoms with E-state index in [2.05, 4.69) is 5.43 Å². The summed E-state index contributed by atoms with van der Waals surface area (Å²) in [6, 6.07) is 4.97. The van der Waals surface area contributed by atoms with Gasteiger partial charge in [-0.15, -0.1) is 0 Å². The molecule has 0 spiro atoms. The number of ether oxygens (including phenoxy) is 1. The minimum absolute atomic E-state index is 0.0855. The number of amides is 3. The second-order valence-electron chi connectivity index (χ2n) is 5.37. The van der Waals surface area contributed by atoms with Crippen LogP contribution in [-0.4, -0.2) is 41.3 Å². The second-order valence-corrected chi connectivity index (χ2v) is 5.81. The predicted octanol–water partition coefficient (Wildman–Crippen LogP) is 0.766. The number of hydrazine groups is 1. The molecule has 1 saturated heterocycles. The molecule has 8 nitrogen and oxygen atoms in total. The molecule has 2 aliphatic rings. The number of nitrogens with one attached hydrogen (secondary N) is 1. The van der Waals surface area contributed by atoms with Crippen LogP contribution < -0.4 is 10.3 Å². The van der Waals surface area contributed by atoms with Gasteiger partial charge in [0.2, 0.25) is 5.91 Å². The third-order valence-corrected chi connectivity index (χ3v) is 4.04. The highest BCUT2D eigenvalue weighted by atomic mass is 35.5. The van der Waals surface area contributed by atoms with Crippen LogP contribution in [0.3, 0.4) is 0 Å². The second kappa shape index (κ2) is 6.21.